The zero-order valence-electron chi connectivity index (χ0n) is 25.6. The summed E-state index contributed by atoms with van der Waals surface area (Å²) in [4.78, 5) is 36.0. The van der Waals surface area contributed by atoms with Crippen molar-refractivity contribution in [3.8, 4) is 17.1 Å². The van der Waals surface area contributed by atoms with E-state index in [1.54, 1.807) is 18.6 Å². The Kier molecular flexibility index (Phi) is 7.87. The molecule has 2 fully saturated rings. The van der Waals surface area contributed by atoms with Crippen molar-refractivity contribution in [2.75, 3.05) is 5.32 Å². The van der Waals surface area contributed by atoms with Gasteiger partial charge in [0, 0.05) is 29.6 Å². The Balaban J connectivity index is 1.09. The molecular weight excluding hydrogens is 564 g/mol. The lowest BCUT2D eigenvalue weighted by Gasteiger charge is -2.40. The maximum Gasteiger partial charge on any atom is 0.252 e. The number of nitrogens with zero attached hydrogens (tertiary/aromatic N) is 6. The average molecular weight is 603 g/mol. The van der Waals surface area contributed by atoms with Gasteiger partial charge in [0.2, 0.25) is 5.91 Å². The van der Waals surface area contributed by atoms with Crippen LogP contribution < -0.4 is 10.6 Å². The molecule has 2 saturated carbocycles. The Morgan fingerprint density at radius 3 is 2.44 bits per heavy atom. The highest BCUT2D eigenvalue weighted by atomic mass is 16.2. The van der Waals surface area contributed by atoms with Gasteiger partial charge in [0.15, 0.2) is 5.82 Å². The predicted molar refractivity (Wildman–Crippen MR) is 173 cm³/mol. The highest BCUT2D eigenvalue weighted by Crippen LogP contribution is 2.38. The van der Waals surface area contributed by atoms with Crippen molar-refractivity contribution in [1.82, 2.24) is 34.8 Å². The smallest absolute Gasteiger partial charge is 0.252 e. The first-order valence-corrected chi connectivity index (χ1v) is 16.1. The summed E-state index contributed by atoms with van der Waals surface area (Å²) in [5.74, 6) is 0.431. The SMILES string of the molecule is CCCn1cc(-c2ncc(NC(=O)C3(NC(=O)c4ccc5c(C6CCCCC6)n(-c6ccccc6)nc5c4)CCC3)cn2)cn1. The number of hydrogen-bond acceptors (Lipinski definition) is 6. The van der Waals surface area contributed by atoms with Gasteiger partial charge in [0.25, 0.3) is 5.91 Å². The second-order valence-electron chi connectivity index (χ2n) is 12.3. The largest absolute Gasteiger partial charge is 0.338 e. The first-order valence-electron chi connectivity index (χ1n) is 16.1. The van der Waals surface area contributed by atoms with Crippen LogP contribution in [0.15, 0.2) is 73.3 Å². The van der Waals surface area contributed by atoms with Crippen LogP contribution in [0, 0.1) is 0 Å². The van der Waals surface area contributed by atoms with E-state index in [9.17, 15) is 9.59 Å². The molecule has 10 heteroatoms. The van der Waals surface area contributed by atoms with Crippen LogP contribution >= 0.6 is 0 Å². The third-order valence-corrected chi connectivity index (χ3v) is 9.21. The number of carbonyl (C=O) groups excluding carboxylic acids is 2. The van der Waals surface area contributed by atoms with Crippen molar-refractivity contribution in [3.63, 3.8) is 0 Å². The van der Waals surface area contributed by atoms with Gasteiger partial charge in [0.1, 0.15) is 5.54 Å². The van der Waals surface area contributed by atoms with E-state index in [0.29, 0.717) is 35.8 Å². The highest BCUT2D eigenvalue weighted by molar-refractivity contribution is 6.05. The van der Waals surface area contributed by atoms with Crippen LogP contribution in [0.3, 0.4) is 0 Å². The quantitative estimate of drug-likeness (QED) is 0.201. The second kappa shape index (κ2) is 12.3. The van der Waals surface area contributed by atoms with Gasteiger partial charge < -0.3 is 10.6 Å². The Hall–Kier alpha value is -4.86. The number of nitrogens with one attached hydrogen (secondary N) is 2. The van der Waals surface area contributed by atoms with Crippen LogP contribution in [-0.2, 0) is 11.3 Å². The van der Waals surface area contributed by atoms with Gasteiger partial charge >= 0.3 is 0 Å². The zero-order valence-corrected chi connectivity index (χ0v) is 25.6. The molecule has 0 aliphatic heterocycles. The summed E-state index contributed by atoms with van der Waals surface area (Å²) in [7, 11) is 0. The van der Waals surface area contributed by atoms with Gasteiger partial charge in [-0.05, 0) is 62.8 Å². The van der Waals surface area contributed by atoms with Crippen molar-refractivity contribution in [2.45, 2.75) is 82.7 Å². The van der Waals surface area contributed by atoms with Gasteiger partial charge in [-0.3, -0.25) is 14.3 Å². The lowest BCUT2D eigenvalue weighted by molar-refractivity contribution is -0.125. The van der Waals surface area contributed by atoms with Crippen molar-refractivity contribution in [3.05, 3.63) is 84.6 Å². The number of amides is 2. The number of rotatable bonds is 9. The molecular formula is C35H38N8O2. The van der Waals surface area contributed by atoms with E-state index in [1.165, 1.54) is 25.0 Å². The lowest BCUT2D eigenvalue weighted by atomic mass is 9.75. The molecule has 45 heavy (non-hydrogen) atoms. The fourth-order valence-corrected chi connectivity index (χ4v) is 6.63. The van der Waals surface area contributed by atoms with Crippen molar-refractivity contribution >= 4 is 28.4 Å². The molecule has 7 rings (SSSR count). The van der Waals surface area contributed by atoms with Gasteiger partial charge in [0.05, 0.1) is 46.7 Å². The van der Waals surface area contributed by atoms with Crippen LogP contribution in [0.25, 0.3) is 28.0 Å². The summed E-state index contributed by atoms with van der Waals surface area (Å²) in [6, 6.07) is 16.0. The van der Waals surface area contributed by atoms with Gasteiger partial charge in [-0.15, -0.1) is 0 Å². The minimum absolute atomic E-state index is 0.261. The summed E-state index contributed by atoms with van der Waals surface area (Å²) >= 11 is 0. The number of hydrogen-bond donors (Lipinski definition) is 2. The van der Waals surface area contributed by atoms with E-state index >= 15 is 0 Å². The summed E-state index contributed by atoms with van der Waals surface area (Å²) in [6.45, 7) is 2.92. The molecule has 2 aliphatic carbocycles. The fourth-order valence-electron chi connectivity index (χ4n) is 6.63. The first kappa shape index (κ1) is 28.9. The zero-order chi connectivity index (χ0) is 30.8. The molecule has 3 heterocycles. The first-order chi connectivity index (χ1) is 22.0. The number of carbonyl (C=O) groups is 2. The summed E-state index contributed by atoms with van der Waals surface area (Å²) in [5.41, 5.74) is 3.84. The summed E-state index contributed by atoms with van der Waals surface area (Å²) in [5, 5.41) is 16.4. The van der Waals surface area contributed by atoms with Crippen molar-refractivity contribution < 1.29 is 9.59 Å². The lowest BCUT2D eigenvalue weighted by Crippen LogP contribution is -2.61. The van der Waals surface area contributed by atoms with Gasteiger partial charge in [-0.1, -0.05) is 50.5 Å². The van der Waals surface area contributed by atoms with Gasteiger partial charge in [-0.25, -0.2) is 14.6 Å². The Bertz CT molecular complexity index is 1820. The topological polar surface area (TPSA) is 120 Å². The van der Waals surface area contributed by atoms with Crippen LogP contribution in [0.5, 0.6) is 0 Å². The van der Waals surface area contributed by atoms with E-state index in [4.69, 9.17) is 5.10 Å². The van der Waals surface area contributed by atoms with E-state index in [2.05, 4.69) is 49.4 Å². The minimum Gasteiger partial charge on any atom is -0.338 e. The van der Waals surface area contributed by atoms with Gasteiger partial charge in [-0.2, -0.15) is 10.2 Å². The normalized spacial score (nSPS) is 16.3. The number of aromatic nitrogens is 6. The van der Waals surface area contributed by atoms with E-state index < -0.39 is 5.54 Å². The minimum atomic E-state index is -0.983. The average Bonchev–Trinajstić information content (AvgIpc) is 3.69. The number of aryl methyl sites for hydroxylation is 1. The van der Waals surface area contributed by atoms with E-state index in [0.717, 1.165) is 54.4 Å². The molecule has 2 N–H and O–H groups in total. The Labute approximate surface area is 262 Å². The standard InChI is InChI=1S/C35H38N8O2/c1-2-18-42-23-26(20-38-42)32-36-21-27(22-37-32)39-34(45)35(16-9-17-35)40-33(44)25-14-15-29-30(19-25)41-43(28-12-7-4-8-13-28)31(29)24-10-5-3-6-11-24/h4,7-8,12-15,19-24H,2-3,5-6,9-11,16-18H2,1H3,(H,39,45)(H,40,44). The van der Waals surface area contributed by atoms with E-state index in [1.807, 2.05) is 47.3 Å². The van der Waals surface area contributed by atoms with Crippen molar-refractivity contribution in [1.29, 1.82) is 0 Å². The molecule has 0 saturated heterocycles. The maximum atomic E-state index is 13.6. The molecule has 2 aliphatic rings. The molecule has 2 amide bonds. The van der Waals surface area contributed by atoms with Crippen LogP contribution in [0.1, 0.15) is 86.7 Å². The summed E-state index contributed by atoms with van der Waals surface area (Å²) < 4.78 is 3.92. The number of fused-ring (bicyclic) bond motifs is 1. The molecule has 0 unspecified atom stereocenters. The second-order valence-corrected chi connectivity index (χ2v) is 12.3. The Morgan fingerprint density at radius 2 is 1.73 bits per heavy atom. The van der Waals surface area contributed by atoms with Crippen molar-refractivity contribution in [2.24, 2.45) is 0 Å². The molecule has 0 spiro atoms. The number of anilines is 1. The number of para-hydroxylation sites is 1. The van der Waals surface area contributed by atoms with Crippen LogP contribution in [0.4, 0.5) is 5.69 Å². The molecule has 5 aromatic rings. The summed E-state index contributed by atoms with van der Waals surface area (Å²) in [6.07, 6.45) is 15.8. The molecule has 0 bridgehead atoms. The van der Waals surface area contributed by atoms with E-state index in [-0.39, 0.29) is 11.8 Å². The highest BCUT2D eigenvalue weighted by Gasteiger charge is 2.45. The molecule has 230 valence electrons. The molecule has 2 aromatic carbocycles. The molecule has 10 nitrogen and oxygen atoms in total. The third-order valence-electron chi connectivity index (χ3n) is 9.21. The fraction of sp³-hybridized carbons (Fsp3) is 0.371. The Morgan fingerprint density at radius 1 is 0.956 bits per heavy atom. The van der Waals surface area contributed by atoms with Crippen LogP contribution in [-0.4, -0.2) is 46.9 Å². The van der Waals surface area contributed by atoms with Crippen LogP contribution in [0.2, 0.25) is 0 Å². The predicted octanol–water partition coefficient (Wildman–Crippen LogP) is 6.43. The molecule has 0 radical (unpaired) electrons. The number of benzene rings is 2. The maximum absolute atomic E-state index is 13.6. The monoisotopic (exact) mass is 602 g/mol. The molecule has 3 aromatic heterocycles. The molecule has 0 atom stereocenters. The third kappa shape index (κ3) is 5.72.